The molecule has 0 radical (unpaired) electrons. The highest BCUT2D eigenvalue weighted by molar-refractivity contribution is 5.35. The number of para-hydroxylation sites is 1. The summed E-state index contributed by atoms with van der Waals surface area (Å²) in [5.41, 5.74) is 1.18. The lowest BCUT2D eigenvalue weighted by atomic mass is 10.0. The molecular weight excluding hydrogens is 278 g/mol. The molecule has 2 rings (SSSR count). The fourth-order valence-corrected chi connectivity index (χ4v) is 2.90. The van der Waals surface area contributed by atoms with Gasteiger partial charge in [-0.2, -0.15) is 0 Å². The van der Waals surface area contributed by atoms with Gasteiger partial charge in [0.05, 0.1) is 6.10 Å². The second-order valence-electron chi connectivity index (χ2n) is 6.51. The maximum atomic E-state index is 10.2. The Bertz CT molecular complexity index is 444. The van der Waals surface area contributed by atoms with Gasteiger partial charge in [0.25, 0.3) is 0 Å². The van der Waals surface area contributed by atoms with Crippen LogP contribution in [-0.2, 0) is 4.74 Å². The molecule has 0 aromatic heterocycles. The quantitative estimate of drug-likeness (QED) is 0.802. The Balaban J connectivity index is 1.76. The van der Waals surface area contributed by atoms with Crippen LogP contribution in [0.2, 0.25) is 0 Å². The van der Waals surface area contributed by atoms with E-state index < -0.39 is 6.10 Å². The third-order valence-electron chi connectivity index (χ3n) is 4.03. The second-order valence-corrected chi connectivity index (χ2v) is 6.51. The summed E-state index contributed by atoms with van der Waals surface area (Å²) in [5, 5.41) is 10.2. The molecular formula is C18H29NO3. The molecule has 0 saturated carbocycles. The highest BCUT2D eigenvalue weighted by Gasteiger charge is 2.19. The number of benzene rings is 1. The molecule has 1 N–H and O–H groups in total. The molecule has 0 aliphatic carbocycles. The van der Waals surface area contributed by atoms with Crippen LogP contribution >= 0.6 is 0 Å². The predicted molar refractivity (Wildman–Crippen MR) is 88.5 cm³/mol. The van der Waals surface area contributed by atoms with Crippen molar-refractivity contribution >= 4 is 0 Å². The Kier molecular flexibility index (Phi) is 6.68. The van der Waals surface area contributed by atoms with Gasteiger partial charge in [0.1, 0.15) is 18.5 Å². The summed E-state index contributed by atoms with van der Waals surface area (Å²) >= 11 is 0. The average molecular weight is 307 g/mol. The first-order chi connectivity index (χ1) is 10.6. The lowest BCUT2D eigenvalue weighted by Crippen LogP contribution is -2.37. The van der Waals surface area contributed by atoms with Crippen LogP contribution in [0.3, 0.4) is 0 Å². The maximum Gasteiger partial charge on any atom is 0.122 e. The number of hydrogen-bond acceptors (Lipinski definition) is 4. The Morgan fingerprint density at radius 1 is 1.36 bits per heavy atom. The van der Waals surface area contributed by atoms with E-state index in [4.69, 9.17) is 9.47 Å². The predicted octanol–water partition coefficient (Wildman–Crippen LogP) is 2.66. The molecule has 2 atom stereocenters. The molecule has 1 heterocycles. The molecule has 1 fully saturated rings. The Labute approximate surface area is 134 Å². The van der Waals surface area contributed by atoms with Crippen LogP contribution in [0.5, 0.6) is 5.75 Å². The van der Waals surface area contributed by atoms with E-state index in [1.54, 1.807) is 0 Å². The number of hydrogen-bond donors (Lipinski definition) is 1. The molecule has 0 spiro atoms. The van der Waals surface area contributed by atoms with E-state index in [-0.39, 0.29) is 0 Å². The molecule has 1 aromatic rings. The van der Waals surface area contributed by atoms with Crippen molar-refractivity contribution in [2.75, 3.05) is 33.4 Å². The summed E-state index contributed by atoms with van der Waals surface area (Å²) in [4.78, 5) is 2.12. The minimum absolute atomic E-state index is 0.319. The number of nitrogens with zero attached hydrogens (tertiary/aromatic N) is 1. The van der Waals surface area contributed by atoms with Crippen LogP contribution in [0, 0.1) is 0 Å². The van der Waals surface area contributed by atoms with Gasteiger partial charge in [0.15, 0.2) is 0 Å². The molecule has 1 aliphatic heterocycles. The lowest BCUT2D eigenvalue weighted by Gasteiger charge is -2.23. The van der Waals surface area contributed by atoms with Gasteiger partial charge in [0.2, 0.25) is 0 Å². The lowest BCUT2D eigenvalue weighted by molar-refractivity contribution is 0.0442. The normalized spacial score (nSPS) is 19.8. The zero-order valence-corrected chi connectivity index (χ0v) is 14.0. The molecule has 4 nitrogen and oxygen atoms in total. The first-order valence-corrected chi connectivity index (χ1v) is 8.26. The molecule has 1 aromatic carbocycles. The Morgan fingerprint density at radius 2 is 2.14 bits per heavy atom. The summed E-state index contributed by atoms with van der Waals surface area (Å²) in [6.07, 6.45) is 2.10. The van der Waals surface area contributed by atoms with E-state index in [0.29, 0.717) is 25.2 Å². The van der Waals surface area contributed by atoms with Gasteiger partial charge >= 0.3 is 0 Å². The number of aliphatic hydroxyl groups excluding tert-OH is 1. The maximum absolute atomic E-state index is 10.2. The number of aliphatic hydroxyl groups is 1. The molecule has 0 bridgehead atoms. The topological polar surface area (TPSA) is 41.9 Å². The zero-order valence-electron chi connectivity index (χ0n) is 14.0. The van der Waals surface area contributed by atoms with Gasteiger partial charge in [-0.25, -0.2) is 0 Å². The van der Waals surface area contributed by atoms with Crippen molar-refractivity contribution in [2.24, 2.45) is 0 Å². The van der Waals surface area contributed by atoms with Gasteiger partial charge in [-0.1, -0.05) is 32.0 Å². The van der Waals surface area contributed by atoms with E-state index in [1.165, 1.54) is 5.56 Å². The van der Waals surface area contributed by atoms with Crippen LogP contribution in [0.1, 0.15) is 38.2 Å². The van der Waals surface area contributed by atoms with Crippen molar-refractivity contribution in [1.82, 2.24) is 4.90 Å². The molecule has 1 aliphatic rings. The molecule has 2 unspecified atom stereocenters. The first-order valence-electron chi connectivity index (χ1n) is 8.26. The van der Waals surface area contributed by atoms with Crippen molar-refractivity contribution in [1.29, 1.82) is 0 Å². The smallest absolute Gasteiger partial charge is 0.122 e. The standard InChI is InChI=1S/C18H29NO3/c1-14(2)17-8-4-5-9-18(17)22-13-15(20)11-19(3)12-16-7-6-10-21-16/h4-5,8-9,14-16,20H,6-7,10-13H2,1-3H3. The van der Waals surface area contributed by atoms with Crippen LogP contribution in [0.4, 0.5) is 0 Å². The van der Waals surface area contributed by atoms with E-state index >= 15 is 0 Å². The second kappa shape index (κ2) is 8.51. The van der Waals surface area contributed by atoms with E-state index in [1.807, 2.05) is 25.2 Å². The fourth-order valence-electron chi connectivity index (χ4n) is 2.90. The van der Waals surface area contributed by atoms with Gasteiger partial charge in [-0.05, 0) is 37.4 Å². The third kappa shape index (κ3) is 5.27. The van der Waals surface area contributed by atoms with E-state index in [9.17, 15) is 5.11 Å². The number of ether oxygens (including phenoxy) is 2. The van der Waals surface area contributed by atoms with Crippen LogP contribution in [0.25, 0.3) is 0 Å². The monoisotopic (exact) mass is 307 g/mol. The first kappa shape index (κ1) is 17.3. The zero-order chi connectivity index (χ0) is 15.9. The molecule has 124 valence electrons. The Hall–Kier alpha value is -1.10. The SMILES string of the molecule is CC(C)c1ccccc1OCC(O)CN(C)CC1CCCO1. The number of rotatable bonds is 8. The van der Waals surface area contributed by atoms with Gasteiger partial charge in [0, 0.05) is 19.7 Å². The largest absolute Gasteiger partial charge is 0.491 e. The summed E-state index contributed by atoms with van der Waals surface area (Å²) in [7, 11) is 2.02. The highest BCUT2D eigenvalue weighted by atomic mass is 16.5. The Morgan fingerprint density at radius 3 is 2.82 bits per heavy atom. The highest BCUT2D eigenvalue weighted by Crippen LogP contribution is 2.25. The van der Waals surface area contributed by atoms with Gasteiger partial charge < -0.3 is 19.5 Å². The van der Waals surface area contributed by atoms with E-state index in [2.05, 4.69) is 24.8 Å². The van der Waals surface area contributed by atoms with Crippen molar-refractivity contribution < 1.29 is 14.6 Å². The van der Waals surface area contributed by atoms with Crippen LogP contribution in [-0.4, -0.2) is 55.6 Å². The minimum atomic E-state index is -0.494. The summed E-state index contributed by atoms with van der Waals surface area (Å²) in [6, 6.07) is 8.04. The molecule has 1 saturated heterocycles. The van der Waals surface area contributed by atoms with E-state index in [0.717, 1.165) is 31.7 Å². The minimum Gasteiger partial charge on any atom is -0.491 e. The van der Waals surface area contributed by atoms with Gasteiger partial charge in [-0.3, -0.25) is 0 Å². The summed E-state index contributed by atoms with van der Waals surface area (Å²) in [6.45, 7) is 6.96. The fraction of sp³-hybridized carbons (Fsp3) is 0.667. The summed E-state index contributed by atoms with van der Waals surface area (Å²) < 4.78 is 11.4. The number of likely N-dealkylation sites (N-methyl/N-ethyl adjacent to an activating group) is 1. The van der Waals surface area contributed by atoms with Crippen molar-refractivity contribution in [3.8, 4) is 5.75 Å². The van der Waals surface area contributed by atoms with Gasteiger partial charge in [-0.15, -0.1) is 0 Å². The van der Waals surface area contributed by atoms with Crippen molar-refractivity contribution in [2.45, 2.75) is 44.8 Å². The van der Waals surface area contributed by atoms with Crippen LogP contribution < -0.4 is 4.74 Å². The molecule has 0 amide bonds. The third-order valence-corrected chi connectivity index (χ3v) is 4.03. The molecule has 22 heavy (non-hydrogen) atoms. The molecule has 4 heteroatoms. The van der Waals surface area contributed by atoms with Crippen LogP contribution in [0.15, 0.2) is 24.3 Å². The van der Waals surface area contributed by atoms with Crippen molar-refractivity contribution in [3.05, 3.63) is 29.8 Å². The van der Waals surface area contributed by atoms with Crippen molar-refractivity contribution in [3.63, 3.8) is 0 Å². The average Bonchev–Trinajstić information content (AvgIpc) is 2.98. The summed E-state index contributed by atoms with van der Waals surface area (Å²) in [5.74, 6) is 1.29.